The van der Waals surface area contributed by atoms with Crippen LogP contribution >= 0.6 is 0 Å². The second-order valence-corrected chi connectivity index (χ2v) is 12.9. The molecule has 4 saturated carbocycles. The maximum atomic E-state index is 9.54. The summed E-state index contributed by atoms with van der Waals surface area (Å²) in [7, 11) is 0. The second kappa shape index (κ2) is 9.18. The van der Waals surface area contributed by atoms with Gasteiger partial charge in [-0.3, -0.25) is 0 Å². The lowest BCUT2D eigenvalue weighted by atomic mass is 9.32. The molecule has 0 aliphatic heterocycles. The minimum atomic E-state index is -0.140. The van der Waals surface area contributed by atoms with Crippen molar-refractivity contribution in [3.63, 3.8) is 0 Å². The summed E-state index contributed by atoms with van der Waals surface area (Å²) in [5, 5.41) is 38.2. The fraction of sp³-hybridized carbons (Fsp3) is 0.263. The molecular formula is C38H28N4. The van der Waals surface area contributed by atoms with Gasteiger partial charge in [0.1, 0.15) is 0 Å². The zero-order chi connectivity index (χ0) is 29.0. The Morgan fingerprint density at radius 2 is 0.476 bits per heavy atom. The van der Waals surface area contributed by atoms with Gasteiger partial charge in [0.15, 0.2) is 0 Å². The molecule has 0 spiro atoms. The number of hydrogen-bond donors (Lipinski definition) is 0. The Bertz CT molecular complexity index is 1540. The first-order chi connectivity index (χ1) is 20.4. The zero-order valence-corrected chi connectivity index (χ0v) is 23.3. The van der Waals surface area contributed by atoms with Gasteiger partial charge in [-0.05, 0) is 131 Å². The monoisotopic (exact) mass is 540 g/mol. The fourth-order valence-electron chi connectivity index (χ4n) is 9.45. The molecule has 4 fully saturated rings. The van der Waals surface area contributed by atoms with E-state index < -0.39 is 0 Å². The molecule has 0 amide bonds. The third-order valence-corrected chi connectivity index (χ3v) is 10.6. The molecule has 0 saturated heterocycles. The van der Waals surface area contributed by atoms with Crippen molar-refractivity contribution >= 4 is 0 Å². The SMILES string of the molecule is N#Cc1ccc(C23CC4(c5ccc(C#N)cc5)CC(c5ccc(C#N)cc5)(C2)CC(c2ccc(C#N)cc2)(C3)C4)cc1. The van der Waals surface area contributed by atoms with Crippen LogP contribution in [0.15, 0.2) is 97.1 Å². The van der Waals surface area contributed by atoms with Crippen LogP contribution in [0.25, 0.3) is 0 Å². The molecule has 4 aromatic rings. The molecule has 8 rings (SSSR count). The maximum Gasteiger partial charge on any atom is 0.0991 e. The standard InChI is InChI=1S/C38H28N4/c39-17-27-1-9-31(10-2-27)35-21-36(32-11-3-28(18-40)4-12-32)24-37(22-35,33-13-5-29(19-41)6-14-33)26-38(23-35,25-36)34-15-7-30(20-42)8-16-34/h1-16H,21-26H2. The Morgan fingerprint density at radius 1 is 0.310 bits per heavy atom. The predicted molar refractivity (Wildman–Crippen MR) is 159 cm³/mol. The third-order valence-electron chi connectivity index (χ3n) is 10.6. The smallest absolute Gasteiger partial charge is 0.0991 e. The average Bonchev–Trinajstić information content (AvgIpc) is 3.04. The van der Waals surface area contributed by atoms with Crippen LogP contribution in [0, 0.1) is 45.3 Å². The van der Waals surface area contributed by atoms with Gasteiger partial charge in [0.25, 0.3) is 0 Å². The molecule has 42 heavy (non-hydrogen) atoms. The number of nitrogens with zero attached hydrogens (tertiary/aromatic N) is 4. The van der Waals surface area contributed by atoms with E-state index in [1.165, 1.54) is 22.3 Å². The van der Waals surface area contributed by atoms with Crippen LogP contribution in [0.3, 0.4) is 0 Å². The van der Waals surface area contributed by atoms with Gasteiger partial charge in [-0.15, -0.1) is 0 Å². The summed E-state index contributed by atoms with van der Waals surface area (Å²) < 4.78 is 0. The minimum absolute atomic E-state index is 0.140. The van der Waals surface area contributed by atoms with E-state index in [9.17, 15) is 21.0 Å². The molecule has 0 unspecified atom stereocenters. The highest BCUT2D eigenvalue weighted by Gasteiger charge is 2.69. The molecule has 4 bridgehead atoms. The summed E-state index contributed by atoms with van der Waals surface area (Å²) >= 11 is 0. The van der Waals surface area contributed by atoms with Gasteiger partial charge in [0, 0.05) is 0 Å². The van der Waals surface area contributed by atoms with E-state index in [2.05, 4.69) is 72.8 Å². The summed E-state index contributed by atoms with van der Waals surface area (Å²) in [6.45, 7) is 0. The third kappa shape index (κ3) is 3.77. The minimum Gasteiger partial charge on any atom is -0.192 e. The zero-order valence-electron chi connectivity index (χ0n) is 23.3. The highest BCUT2D eigenvalue weighted by Crippen LogP contribution is 2.74. The van der Waals surface area contributed by atoms with E-state index in [-0.39, 0.29) is 21.7 Å². The Hall–Kier alpha value is -5.16. The largest absolute Gasteiger partial charge is 0.192 e. The van der Waals surface area contributed by atoms with E-state index in [1.54, 1.807) is 0 Å². The van der Waals surface area contributed by atoms with Crippen molar-refractivity contribution in [3.05, 3.63) is 142 Å². The van der Waals surface area contributed by atoms with Crippen LogP contribution in [0.4, 0.5) is 0 Å². The summed E-state index contributed by atoms with van der Waals surface area (Å²) in [4.78, 5) is 0. The maximum absolute atomic E-state index is 9.54. The highest BCUT2D eigenvalue weighted by molar-refractivity contribution is 5.52. The van der Waals surface area contributed by atoms with Gasteiger partial charge in [0.05, 0.1) is 46.5 Å². The van der Waals surface area contributed by atoms with Crippen molar-refractivity contribution in [2.75, 3.05) is 0 Å². The molecule has 200 valence electrons. The first kappa shape index (κ1) is 25.8. The van der Waals surface area contributed by atoms with Crippen LogP contribution in [0.2, 0.25) is 0 Å². The van der Waals surface area contributed by atoms with E-state index in [0.29, 0.717) is 22.3 Å². The number of nitriles is 4. The Kier molecular flexibility index (Phi) is 5.64. The lowest BCUT2D eigenvalue weighted by Gasteiger charge is -2.71. The highest BCUT2D eigenvalue weighted by atomic mass is 14.7. The van der Waals surface area contributed by atoms with Crippen molar-refractivity contribution < 1.29 is 0 Å². The van der Waals surface area contributed by atoms with Crippen molar-refractivity contribution in [1.29, 1.82) is 21.0 Å². The topological polar surface area (TPSA) is 95.2 Å². The van der Waals surface area contributed by atoms with Crippen molar-refractivity contribution in [1.82, 2.24) is 0 Å². The second-order valence-electron chi connectivity index (χ2n) is 12.9. The van der Waals surface area contributed by atoms with E-state index in [4.69, 9.17) is 0 Å². The number of benzene rings is 4. The molecular weight excluding hydrogens is 512 g/mol. The summed E-state index contributed by atoms with van der Waals surface area (Å²) in [5.74, 6) is 0. The Labute approximate surface area is 246 Å². The Balaban J connectivity index is 1.50. The summed E-state index contributed by atoms with van der Waals surface area (Å²) in [6, 6.07) is 42.0. The fourth-order valence-corrected chi connectivity index (χ4v) is 9.45. The normalized spacial score (nSPS) is 28.7. The van der Waals surface area contributed by atoms with Crippen LogP contribution in [-0.4, -0.2) is 0 Å². The Morgan fingerprint density at radius 3 is 0.619 bits per heavy atom. The van der Waals surface area contributed by atoms with Gasteiger partial charge in [-0.2, -0.15) is 21.0 Å². The average molecular weight is 541 g/mol. The molecule has 4 aliphatic carbocycles. The van der Waals surface area contributed by atoms with Gasteiger partial charge in [-0.25, -0.2) is 0 Å². The summed E-state index contributed by atoms with van der Waals surface area (Å²) in [5.41, 5.74) is 7.17. The van der Waals surface area contributed by atoms with Crippen LogP contribution in [0.1, 0.15) is 83.0 Å². The molecule has 4 aliphatic rings. The first-order valence-corrected chi connectivity index (χ1v) is 14.4. The van der Waals surface area contributed by atoms with E-state index in [0.717, 1.165) is 38.5 Å². The van der Waals surface area contributed by atoms with E-state index >= 15 is 0 Å². The molecule has 4 nitrogen and oxygen atoms in total. The summed E-state index contributed by atoms with van der Waals surface area (Å²) in [6.07, 6.45) is 5.96. The van der Waals surface area contributed by atoms with Crippen molar-refractivity contribution in [3.8, 4) is 24.3 Å². The first-order valence-electron chi connectivity index (χ1n) is 14.4. The van der Waals surface area contributed by atoms with E-state index in [1.807, 2.05) is 48.5 Å². The van der Waals surface area contributed by atoms with Crippen LogP contribution < -0.4 is 0 Å². The molecule has 0 N–H and O–H groups in total. The molecule has 4 heteroatoms. The molecule has 0 heterocycles. The van der Waals surface area contributed by atoms with Gasteiger partial charge >= 0.3 is 0 Å². The van der Waals surface area contributed by atoms with Crippen LogP contribution in [-0.2, 0) is 21.7 Å². The molecule has 0 radical (unpaired) electrons. The van der Waals surface area contributed by atoms with Crippen molar-refractivity contribution in [2.24, 2.45) is 0 Å². The molecule has 0 aromatic heterocycles. The quantitative estimate of drug-likeness (QED) is 0.266. The molecule has 4 aromatic carbocycles. The van der Waals surface area contributed by atoms with Gasteiger partial charge in [0.2, 0.25) is 0 Å². The predicted octanol–water partition coefficient (Wildman–Crippen LogP) is 7.61. The van der Waals surface area contributed by atoms with Gasteiger partial charge in [-0.1, -0.05) is 48.5 Å². The number of rotatable bonds is 4. The van der Waals surface area contributed by atoms with Crippen LogP contribution in [0.5, 0.6) is 0 Å². The van der Waals surface area contributed by atoms with Crippen molar-refractivity contribution in [2.45, 2.75) is 60.2 Å². The number of hydrogen-bond acceptors (Lipinski definition) is 4. The lowest BCUT2D eigenvalue weighted by Crippen LogP contribution is -2.67. The van der Waals surface area contributed by atoms with Gasteiger partial charge < -0.3 is 0 Å². The lowest BCUT2D eigenvalue weighted by molar-refractivity contribution is -0.0691. The molecule has 0 atom stereocenters.